The molecule has 1 atom stereocenters. The van der Waals surface area contributed by atoms with E-state index in [1.165, 1.54) is 12.0 Å². The van der Waals surface area contributed by atoms with Crippen LogP contribution in [0.1, 0.15) is 22.7 Å². The van der Waals surface area contributed by atoms with Crippen LogP contribution < -0.4 is 9.64 Å². The number of aliphatic hydroxyl groups excluding tert-OH is 1. The van der Waals surface area contributed by atoms with Gasteiger partial charge in [0.2, 0.25) is 0 Å². The van der Waals surface area contributed by atoms with Crippen molar-refractivity contribution in [2.75, 3.05) is 12.0 Å². The summed E-state index contributed by atoms with van der Waals surface area (Å²) >= 11 is 9.61. The maximum Gasteiger partial charge on any atom is 0.300 e. The minimum Gasteiger partial charge on any atom is -0.507 e. The number of halogens is 2. The molecule has 0 saturated carbocycles. The van der Waals surface area contributed by atoms with E-state index in [1.807, 2.05) is 37.3 Å². The summed E-state index contributed by atoms with van der Waals surface area (Å²) in [5, 5.41) is 11.7. The monoisotopic (exact) mass is 511 g/mol. The predicted octanol–water partition coefficient (Wildman–Crippen LogP) is 6.05. The fraction of sp³-hybridized carbons (Fsp3) is 0.120. The van der Waals surface area contributed by atoms with Crippen molar-refractivity contribution in [3.8, 4) is 5.75 Å². The molecule has 3 aromatic carbocycles. The molecule has 0 aromatic heterocycles. The maximum absolute atomic E-state index is 13.2. The van der Waals surface area contributed by atoms with Crippen LogP contribution in [0.25, 0.3) is 5.76 Å². The predicted molar refractivity (Wildman–Crippen MR) is 128 cm³/mol. The Labute approximate surface area is 199 Å². The van der Waals surface area contributed by atoms with E-state index in [-0.39, 0.29) is 11.3 Å². The van der Waals surface area contributed by atoms with Gasteiger partial charge in [0.15, 0.2) is 0 Å². The molecule has 162 valence electrons. The Kier molecular flexibility index (Phi) is 6.09. The molecule has 0 radical (unpaired) electrons. The first kappa shape index (κ1) is 22.1. The highest BCUT2D eigenvalue weighted by Gasteiger charge is 2.47. The Balaban J connectivity index is 1.96. The molecule has 3 aromatic rings. The molecule has 1 N–H and O–H groups in total. The van der Waals surface area contributed by atoms with Crippen LogP contribution in [0.3, 0.4) is 0 Å². The first-order valence-corrected chi connectivity index (χ1v) is 11.0. The zero-order valence-electron chi connectivity index (χ0n) is 17.3. The van der Waals surface area contributed by atoms with Crippen molar-refractivity contribution in [1.82, 2.24) is 0 Å². The number of nitrogens with zero attached hydrogens (tertiary/aromatic N) is 1. The number of aliphatic hydroxyl groups is 1. The lowest BCUT2D eigenvalue weighted by molar-refractivity contribution is -0.132. The van der Waals surface area contributed by atoms with Crippen LogP contribution in [0.4, 0.5) is 5.69 Å². The second-order valence-electron chi connectivity index (χ2n) is 7.36. The summed E-state index contributed by atoms with van der Waals surface area (Å²) in [5.41, 5.74) is 2.39. The van der Waals surface area contributed by atoms with Crippen molar-refractivity contribution < 1.29 is 19.4 Å². The number of carbonyl (C=O) groups is 2. The SMILES string of the molecule is COc1ccc(/C(O)=C2\C(=O)C(=O)N(c3cc(Cl)ccc3C)C2c2ccccc2)cc1Br. The van der Waals surface area contributed by atoms with E-state index in [1.54, 1.807) is 36.4 Å². The number of hydrogen-bond donors (Lipinski definition) is 1. The molecule has 5 nitrogen and oxygen atoms in total. The van der Waals surface area contributed by atoms with Gasteiger partial charge in [0.1, 0.15) is 11.5 Å². The molecule has 4 rings (SSSR count). The number of methoxy groups -OCH3 is 1. The van der Waals surface area contributed by atoms with E-state index in [0.717, 1.165) is 5.56 Å². The molecule has 1 saturated heterocycles. The summed E-state index contributed by atoms with van der Waals surface area (Å²) in [6, 6.07) is 18.5. The number of ether oxygens (including phenoxy) is 1. The van der Waals surface area contributed by atoms with Gasteiger partial charge in [-0.15, -0.1) is 0 Å². The zero-order valence-corrected chi connectivity index (χ0v) is 19.6. The number of rotatable bonds is 4. The van der Waals surface area contributed by atoms with Gasteiger partial charge in [-0.2, -0.15) is 0 Å². The Morgan fingerprint density at radius 3 is 2.44 bits per heavy atom. The summed E-state index contributed by atoms with van der Waals surface area (Å²) in [7, 11) is 1.54. The molecular weight excluding hydrogens is 494 g/mol. The summed E-state index contributed by atoms with van der Waals surface area (Å²) < 4.78 is 5.86. The molecule has 1 fully saturated rings. The van der Waals surface area contributed by atoms with E-state index in [2.05, 4.69) is 15.9 Å². The molecule has 0 spiro atoms. The van der Waals surface area contributed by atoms with Crippen LogP contribution in [-0.2, 0) is 9.59 Å². The molecule has 1 unspecified atom stereocenters. The fourth-order valence-electron chi connectivity index (χ4n) is 3.84. The van der Waals surface area contributed by atoms with Crippen LogP contribution in [0.15, 0.2) is 76.8 Å². The van der Waals surface area contributed by atoms with Crippen molar-refractivity contribution in [2.45, 2.75) is 13.0 Å². The quantitative estimate of drug-likeness (QED) is 0.263. The number of anilines is 1. The van der Waals surface area contributed by atoms with Crippen molar-refractivity contribution in [3.63, 3.8) is 0 Å². The number of aryl methyl sites for hydroxylation is 1. The molecule has 1 aliphatic rings. The summed E-state index contributed by atoms with van der Waals surface area (Å²) in [6.45, 7) is 1.84. The lowest BCUT2D eigenvalue weighted by atomic mass is 9.95. The van der Waals surface area contributed by atoms with Crippen LogP contribution >= 0.6 is 27.5 Å². The Bertz CT molecular complexity index is 1260. The molecule has 1 aliphatic heterocycles. The molecular formula is C25H19BrClNO4. The number of carbonyl (C=O) groups excluding carboxylic acids is 2. The van der Waals surface area contributed by atoms with Gasteiger partial charge in [0, 0.05) is 16.3 Å². The second-order valence-corrected chi connectivity index (χ2v) is 8.65. The van der Waals surface area contributed by atoms with E-state index in [4.69, 9.17) is 16.3 Å². The third-order valence-electron chi connectivity index (χ3n) is 5.42. The Morgan fingerprint density at radius 1 is 1.06 bits per heavy atom. The van der Waals surface area contributed by atoms with E-state index < -0.39 is 17.7 Å². The highest BCUT2D eigenvalue weighted by atomic mass is 79.9. The van der Waals surface area contributed by atoms with Gasteiger partial charge >= 0.3 is 0 Å². The first-order valence-electron chi connectivity index (χ1n) is 9.79. The van der Waals surface area contributed by atoms with Gasteiger partial charge in [0.05, 0.1) is 23.2 Å². The Hall–Kier alpha value is -3.09. The highest BCUT2D eigenvalue weighted by Crippen LogP contribution is 2.44. The number of amides is 1. The third kappa shape index (κ3) is 3.80. The molecule has 32 heavy (non-hydrogen) atoms. The van der Waals surface area contributed by atoms with Crippen LogP contribution in [-0.4, -0.2) is 23.9 Å². The molecule has 0 aliphatic carbocycles. The minimum atomic E-state index is -0.811. The number of benzene rings is 3. The third-order valence-corrected chi connectivity index (χ3v) is 6.27. The van der Waals surface area contributed by atoms with Crippen molar-refractivity contribution in [2.24, 2.45) is 0 Å². The number of ketones is 1. The normalized spacial score (nSPS) is 17.6. The van der Waals surface area contributed by atoms with Gasteiger partial charge in [-0.25, -0.2) is 0 Å². The molecule has 1 amide bonds. The van der Waals surface area contributed by atoms with Gasteiger partial charge < -0.3 is 9.84 Å². The topological polar surface area (TPSA) is 66.8 Å². The summed E-state index contributed by atoms with van der Waals surface area (Å²) in [5.74, 6) is -1.17. The summed E-state index contributed by atoms with van der Waals surface area (Å²) in [6.07, 6.45) is 0. The van der Waals surface area contributed by atoms with E-state index in [0.29, 0.717) is 32.1 Å². The van der Waals surface area contributed by atoms with Crippen LogP contribution in [0.2, 0.25) is 5.02 Å². The highest BCUT2D eigenvalue weighted by molar-refractivity contribution is 9.10. The van der Waals surface area contributed by atoms with Crippen molar-refractivity contribution in [3.05, 3.63) is 98.5 Å². The lowest BCUT2D eigenvalue weighted by Gasteiger charge is -2.27. The smallest absolute Gasteiger partial charge is 0.300 e. The Morgan fingerprint density at radius 2 is 1.78 bits per heavy atom. The first-order chi connectivity index (χ1) is 15.3. The maximum atomic E-state index is 13.2. The van der Waals surface area contributed by atoms with E-state index in [9.17, 15) is 14.7 Å². The van der Waals surface area contributed by atoms with Crippen LogP contribution in [0, 0.1) is 6.92 Å². The molecule has 7 heteroatoms. The number of hydrogen-bond acceptors (Lipinski definition) is 4. The van der Waals surface area contributed by atoms with Crippen LogP contribution in [0.5, 0.6) is 5.75 Å². The van der Waals surface area contributed by atoms with Gasteiger partial charge in [-0.3, -0.25) is 14.5 Å². The van der Waals surface area contributed by atoms with Crippen molar-refractivity contribution >= 4 is 50.7 Å². The fourth-order valence-corrected chi connectivity index (χ4v) is 4.55. The summed E-state index contributed by atoms with van der Waals surface area (Å²) in [4.78, 5) is 27.8. The molecule has 0 bridgehead atoms. The number of Topliss-reactive ketones (excluding diaryl/α,β-unsaturated/α-hetero) is 1. The second kappa shape index (κ2) is 8.81. The molecule has 1 heterocycles. The van der Waals surface area contributed by atoms with Crippen molar-refractivity contribution in [1.29, 1.82) is 0 Å². The lowest BCUT2D eigenvalue weighted by Crippen LogP contribution is -2.30. The van der Waals surface area contributed by atoms with E-state index >= 15 is 0 Å². The average molecular weight is 513 g/mol. The minimum absolute atomic E-state index is 0.0117. The average Bonchev–Trinajstić information content (AvgIpc) is 3.06. The largest absolute Gasteiger partial charge is 0.507 e. The zero-order chi connectivity index (χ0) is 23.0. The van der Waals surface area contributed by atoms with Gasteiger partial charge in [-0.1, -0.05) is 48.0 Å². The van der Waals surface area contributed by atoms with Gasteiger partial charge in [-0.05, 0) is 64.3 Å². The standard InChI is InChI=1S/C25H19BrClNO4/c1-14-8-10-17(27)13-19(14)28-22(15-6-4-3-5-7-15)21(24(30)25(28)31)23(29)16-9-11-20(32-2)18(26)12-16/h3-13,22,29H,1-2H3/b23-21+. The van der Waals surface area contributed by atoms with Gasteiger partial charge in [0.25, 0.3) is 11.7 Å².